The Morgan fingerprint density at radius 1 is 1.33 bits per heavy atom. The molecule has 1 fully saturated rings. The minimum Gasteiger partial charge on any atom is -0.377 e. The van der Waals surface area contributed by atoms with E-state index in [0.29, 0.717) is 6.04 Å². The largest absolute Gasteiger partial charge is 0.377 e. The van der Waals surface area contributed by atoms with Gasteiger partial charge in [0, 0.05) is 31.5 Å². The summed E-state index contributed by atoms with van der Waals surface area (Å²) < 4.78 is 5.91. The second kappa shape index (κ2) is 6.30. The Balaban J connectivity index is 2.11. The van der Waals surface area contributed by atoms with Gasteiger partial charge in [-0.25, -0.2) is 0 Å². The van der Waals surface area contributed by atoms with Gasteiger partial charge in [0.1, 0.15) is 0 Å². The van der Waals surface area contributed by atoms with Gasteiger partial charge < -0.3 is 10.1 Å². The molecule has 3 heteroatoms. The molecule has 0 aromatic carbocycles. The molecule has 18 heavy (non-hydrogen) atoms. The van der Waals surface area contributed by atoms with E-state index < -0.39 is 0 Å². The fraction of sp³-hybridized carbons (Fsp3) is 0.667. The molecule has 0 bridgehead atoms. The Labute approximate surface area is 110 Å². The number of aromatic nitrogens is 1. The predicted molar refractivity (Wildman–Crippen MR) is 73.6 cm³/mol. The van der Waals surface area contributed by atoms with Crippen LogP contribution in [0.5, 0.6) is 0 Å². The molecule has 1 saturated carbocycles. The number of nitrogens with one attached hydrogen (secondary N) is 1. The molecule has 0 saturated heterocycles. The summed E-state index contributed by atoms with van der Waals surface area (Å²) in [7, 11) is 3.89. The predicted octanol–water partition coefficient (Wildman–Crippen LogP) is 2.56. The van der Waals surface area contributed by atoms with E-state index in [1.165, 1.54) is 19.3 Å². The molecule has 2 rings (SSSR count). The molecule has 0 amide bonds. The average Bonchev–Trinajstić information content (AvgIpc) is 2.46. The zero-order chi connectivity index (χ0) is 12.8. The van der Waals surface area contributed by atoms with Crippen molar-refractivity contribution in [1.82, 2.24) is 10.3 Å². The van der Waals surface area contributed by atoms with Gasteiger partial charge in [-0.05, 0) is 32.0 Å². The molecule has 1 unspecified atom stereocenters. The topological polar surface area (TPSA) is 34.2 Å². The maximum atomic E-state index is 5.91. The quantitative estimate of drug-likeness (QED) is 0.869. The second-order valence-corrected chi connectivity index (χ2v) is 5.20. The summed E-state index contributed by atoms with van der Waals surface area (Å²) in [6, 6.07) is 6.45. The van der Waals surface area contributed by atoms with Crippen LogP contribution in [-0.4, -0.2) is 30.8 Å². The minimum atomic E-state index is -0.00940. The molecule has 1 N–H and O–H groups in total. The number of rotatable bonds is 5. The van der Waals surface area contributed by atoms with Crippen molar-refractivity contribution in [3.8, 4) is 0 Å². The van der Waals surface area contributed by atoms with Crippen molar-refractivity contribution in [3.63, 3.8) is 0 Å². The van der Waals surface area contributed by atoms with Gasteiger partial charge in [-0.1, -0.05) is 25.3 Å². The Bertz CT molecular complexity index is 347. The lowest BCUT2D eigenvalue weighted by atomic mass is 9.77. The number of methoxy groups -OCH3 is 1. The van der Waals surface area contributed by atoms with Gasteiger partial charge in [0.05, 0.1) is 5.60 Å². The summed E-state index contributed by atoms with van der Waals surface area (Å²) in [5.74, 6) is 0. The van der Waals surface area contributed by atoms with Crippen LogP contribution in [0.1, 0.15) is 37.8 Å². The maximum Gasteiger partial charge on any atom is 0.0834 e. The highest BCUT2D eigenvalue weighted by Gasteiger charge is 2.39. The highest BCUT2D eigenvalue weighted by atomic mass is 16.5. The monoisotopic (exact) mass is 248 g/mol. The molecule has 1 aliphatic carbocycles. The van der Waals surface area contributed by atoms with Crippen molar-refractivity contribution in [3.05, 3.63) is 30.1 Å². The van der Waals surface area contributed by atoms with Gasteiger partial charge in [0.2, 0.25) is 0 Å². The van der Waals surface area contributed by atoms with Crippen LogP contribution >= 0.6 is 0 Å². The van der Waals surface area contributed by atoms with Crippen molar-refractivity contribution in [1.29, 1.82) is 0 Å². The first-order valence-electron chi connectivity index (χ1n) is 6.93. The lowest BCUT2D eigenvalue weighted by molar-refractivity contribution is -0.0658. The van der Waals surface area contributed by atoms with E-state index in [0.717, 1.165) is 25.0 Å². The van der Waals surface area contributed by atoms with Crippen LogP contribution in [-0.2, 0) is 11.2 Å². The summed E-state index contributed by atoms with van der Waals surface area (Å²) >= 11 is 0. The lowest BCUT2D eigenvalue weighted by Gasteiger charge is -2.42. The van der Waals surface area contributed by atoms with Gasteiger partial charge in [0.25, 0.3) is 0 Å². The maximum absolute atomic E-state index is 5.91. The van der Waals surface area contributed by atoms with Crippen LogP contribution in [0.2, 0.25) is 0 Å². The van der Waals surface area contributed by atoms with Crippen LogP contribution in [0.15, 0.2) is 24.4 Å². The molecule has 0 spiro atoms. The van der Waals surface area contributed by atoms with Gasteiger partial charge in [0.15, 0.2) is 0 Å². The normalized spacial score (nSPS) is 20.6. The first-order valence-corrected chi connectivity index (χ1v) is 6.93. The number of hydrogen-bond acceptors (Lipinski definition) is 3. The zero-order valence-electron chi connectivity index (χ0n) is 11.5. The molecule has 1 aromatic rings. The highest BCUT2D eigenvalue weighted by Crippen LogP contribution is 2.35. The first-order chi connectivity index (χ1) is 8.80. The molecule has 0 aliphatic heterocycles. The summed E-state index contributed by atoms with van der Waals surface area (Å²) in [5, 5.41) is 3.45. The summed E-state index contributed by atoms with van der Waals surface area (Å²) in [4.78, 5) is 4.43. The number of likely N-dealkylation sites (N-methyl/N-ethyl adjacent to an activating group) is 1. The molecule has 1 atom stereocenters. The van der Waals surface area contributed by atoms with Crippen LogP contribution in [0.3, 0.4) is 0 Å². The Hall–Kier alpha value is -0.930. The van der Waals surface area contributed by atoms with Gasteiger partial charge >= 0.3 is 0 Å². The van der Waals surface area contributed by atoms with Crippen molar-refractivity contribution in [2.75, 3.05) is 14.2 Å². The molecule has 1 aromatic heterocycles. The van der Waals surface area contributed by atoms with Crippen LogP contribution < -0.4 is 5.32 Å². The molecular weight excluding hydrogens is 224 g/mol. The Morgan fingerprint density at radius 2 is 2.11 bits per heavy atom. The summed E-state index contributed by atoms with van der Waals surface area (Å²) in [6.45, 7) is 0. The third-order valence-corrected chi connectivity index (χ3v) is 4.23. The van der Waals surface area contributed by atoms with Crippen molar-refractivity contribution < 1.29 is 4.74 Å². The van der Waals surface area contributed by atoms with Crippen LogP contribution in [0.4, 0.5) is 0 Å². The summed E-state index contributed by atoms with van der Waals surface area (Å²) in [5.41, 5.74) is 1.13. The molecule has 100 valence electrons. The van der Waals surface area contributed by atoms with Crippen LogP contribution in [0, 0.1) is 0 Å². The Morgan fingerprint density at radius 3 is 2.67 bits per heavy atom. The van der Waals surface area contributed by atoms with E-state index in [1.54, 1.807) is 0 Å². The highest BCUT2D eigenvalue weighted by molar-refractivity contribution is 5.08. The molecule has 0 radical (unpaired) electrons. The smallest absolute Gasteiger partial charge is 0.0834 e. The zero-order valence-corrected chi connectivity index (χ0v) is 11.5. The third-order valence-electron chi connectivity index (χ3n) is 4.23. The van der Waals surface area contributed by atoms with Crippen molar-refractivity contribution in [2.45, 2.75) is 50.2 Å². The standard InChI is InChI=1S/C15H24N2O/c1-16-14(12-13-8-4-7-11-17-13)15(18-2)9-5-3-6-10-15/h4,7-8,11,14,16H,3,5-6,9-10,12H2,1-2H3. The van der Waals surface area contributed by atoms with Crippen molar-refractivity contribution in [2.24, 2.45) is 0 Å². The second-order valence-electron chi connectivity index (χ2n) is 5.20. The average molecular weight is 248 g/mol. The fourth-order valence-corrected chi connectivity index (χ4v) is 3.12. The molecule has 1 aliphatic rings. The number of nitrogens with zero attached hydrogens (tertiary/aromatic N) is 1. The van der Waals surface area contributed by atoms with Gasteiger partial charge in [-0.15, -0.1) is 0 Å². The molecular formula is C15H24N2O. The number of hydrogen-bond donors (Lipinski definition) is 1. The third kappa shape index (κ3) is 2.90. The van der Waals surface area contributed by atoms with E-state index in [9.17, 15) is 0 Å². The first kappa shape index (κ1) is 13.5. The van der Waals surface area contributed by atoms with Gasteiger partial charge in [-0.3, -0.25) is 4.98 Å². The van der Waals surface area contributed by atoms with Crippen LogP contribution in [0.25, 0.3) is 0 Å². The van der Waals surface area contributed by atoms with E-state index >= 15 is 0 Å². The lowest BCUT2D eigenvalue weighted by Crippen LogP contribution is -2.53. The SMILES string of the molecule is CNC(Cc1ccccn1)C1(OC)CCCCC1. The van der Waals surface area contributed by atoms with E-state index in [4.69, 9.17) is 4.74 Å². The molecule has 1 heterocycles. The number of pyridine rings is 1. The van der Waals surface area contributed by atoms with Crippen molar-refractivity contribution >= 4 is 0 Å². The van der Waals surface area contributed by atoms with E-state index in [1.807, 2.05) is 26.4 Å². The van der Waals surface area contributed by atoms with E-state index in [-0.39, 0.29) is 5.60 Å². The Kier molecular flexibility index (Phi) is 4.72. The van der Waals surface area contributed by atoms with Gasteiger partial charge in [-0.2, -0.15) is 0 Å². The minimum absolute atomic E-state index is 0.00940. The number of ether oxygens (including phenoxy) is 1. The summed E-state index contributed by atoms with van der Waals surface area (Å²) in [6.07, 6.45) is 8.99. The molecule has 3 nitrogen and oxygen atoms in total. The fourth-order valence-electron chi connectivity index (χ4n) is 3.12. The van der Waals surface area contributed by atoms with E-state index in [2.05, 4.69) is 22.4 Å².